The van der Waals surface area contributed by atoms with E-state index in [9.17, 15) is 4.79 Å². The van der Waals surface area contributed by atoms with Gasteiger partial charge in [-0.25, -0.2) is 0 Å². The number of nitrogens with one attached hydrogen (secondary N) is 1. The van der Waals surface area contributed by atoms with E-state index in [2.05, 4.69) is 34.1 Å². The second-order valence-corrected chi connectivity index (χ2v) is 7.90. The smallest absolute Gasteiger partial charge is 0.224 e. The number of H-pyrrole nitrogens is 1. The zero-order chi connectivity index (χ0) is 19.7. The van der Waals surface area contributed by atoms with Gasteiger partial charge in [-0.05, 0) is 26.2 Å². The fourth-order valence-corrected chi connectivity index (χ4v) is 4.22. The molecule has 1 amide bonds. The summed E-state index contributed by atoms with van der Waals surface area (Å²) in [6, 6.07) is 8.18. The molecule has 0 spiro atoms. The number of carbonyl (C=O) groups excluding carboxylic acids is 1. The van der Waals surface area contributed by atoms with Gasteiger partial charge in [0.2, 0.25) is 5.91 Å². The molecule has 1 atom stereocenters. The lowest BCUT2D eigenvalue weighted by Crippen LogP contribution is -2.52. The fourth-order valence-electron chi connectivity index (χ4n) is 4.22. The van der Waals surface area contributed by atoms with Crippen LogP contribution in [-0.2, 0) is 17.8 Å². The van der Waals surface area contributed by atoms with Crippen LogP contribution < -0.4 is 4.74 Å². The van der Waals surface area contributed by atoms with Crippen LogP contribution in [0.4, 0.5) is 0 Å². The Balaban J connectivity index is 1.51. The molecular weight excluding hydrogens is 354 g/mol. The topological polar surface area (TPSA) is 64.7 Å². The van der Waals surface area contributed by atoms with Crippen LogP contribution in [0.2, 0.25) is 0 Å². The number of amides is 1. The fraction of sp³-hybridized carbons (Fsp3) is 0.524. The molecule has 4 rings (SSSR count). The molecule has 1 saturated heterocycles. The van der Waals surface area contributed by atoms with Gasteiger partial charge in [-0.15, -0.1) is 0 Å². The minimum Gasteiger partial charge on any atom is -0.496 e. The monoisotopic (exact) mass is 383 g/mol. The number of hydrogen-bond donors (Lipinski definition) is 1. The Morgan fingerprint density at radius 1 is 1.25 bits per heavy atom. The van der Waals surface area contributed by atoms with Crippen LogP contribution >= 0.6 is 0 Å². The Bertz CT molecular complexity index is 849. The Labute approximate surface area is 166 Å². The zero-order valence-electron chi connectivity index (χ0n) is 16.9. The number of ether oxygens (including phenoxy) is 1. The van der Waals surface area contributed by atoms with Gasteiger partial charge in [0.1, 0.15) is 11.4 Å². The lowest BCUT2D eigenvalue weighted by Gasteiger charge is -2.38. The third-order valence-corrected chi connectivity index (χ3v) is 6.04. The van der Waals surface area contributed by atoms with Crippen molar-refractivity contribution in [2.24, 2.45) is 0 Å². The second-order valence-electron chi connectivity index (χ2n) is 7.90. The van der Waals surface area contributed by atoms with Crippen molar-refractivity contribution >= 4 is 5.91 Å². The molecule has 1 aromatic carbocycles. The van der Waals surface area contributed by atoms with Crippen molar-refractivity contribution in [3.63, 3.8) is 0 Å². The lowest BCUT2D eigenvalue weighted by molar-refractivity contribution is -0.133. The number of rotatable bonds is 4. The molecule has 1 unspecified atom stereocenters. The number of fused-ring (bicyclic) bond motifs is 1. The van der Waals surface area contributed by atoms with Gasteiger partial charge in [0.05, 0.1) is 7.11 Å². The first kappa shape index (κ1) is 19.0. The summed E-state index contributed by atoms with van der Waals surface area (Å²) in [5, 5.41) is 7.72. The highest BCUT2D eigenvalue weighted by Crippen LogP contribution is 2.34. The molecule has 7 heteroatoms. The maximum absolute atomic E-state index is 13.0. The third-order valence-electron chi connectivity index (χ3n) is 6.04. The average molecular weight is 383 g/mol. The molecule has 0 saturated carbocycles. The van der Waals surface area contributed by atoms with Crippen LogP contribution in [0.15, 0.2) is 24.3 Å². The number of benzene rings is 1. The SMILES string of the molecule is COc1ccccc1-c1n[nH]c2c1CN(C(=O)CC1CN(C)CCN1C)CC2. The highest BCUT2D eigenvalue weighted by atomic mass is 16.5. The highest BCUT2D eigenvalue weighted by molar-refractivity contribution is 5.78. The van der Waals surface area contributed by atoms with Crippen molar-refractivity contribution in [1.29, 1.82) is 0 Å². The summed E-state index contributed by atoms with van der Waals surface area (Å²) in [5.41, 5.74) is 4.09. The molecule has 3 heterocycles. The van der Waals surface area contributed by atoms with E-state index in [0.717, 1.165) is 60.9 Å². The summed E-state index contributed by atoms with van der Waals surface area (Å²) in [5.74, 6) is 1.03. The number of methoxy groups -OCH3 is 1. The summed E-state index contributed by atoms with van der Waals surface area (Å²) in [7, 11) is 5.92. The number of likely N-dealkylation sites (N-methyl/N-ethyl adjacent to an activating group) is 2. The van der Waals surface area contributed by atoms with Gasteiger partial charge in [0.15, 0.2) is 0 Å². The van der Waals surface area contributed by atoms with Gasteiger partial charge in [-0.1, -0.05) is 12.1 Å². The van der Waals surface area contributed by atoms with E-state index in [1.165, 1.54) is 0 Å². The van der Waals surface area contributed by atoms with Crippen molar-refractivity contribution in [2.45, 2.75) is 25.4 Å². The van der Waals surface area contributed by atoms with Crippen LogP contribution in [0.5, 0.6) is 5.75 Å². The molecule has 1 fully saturated rings. The molecule has 2 aliphatic rings. The third kappa shape index (κ3) is 3.64. The molecule has 0 aliphatic carbocycles. The minimum atomic E-state index is 0.227. The molecule has 0 radical (unpaired) electrons. The predicted molar refractivity (Wildman–Crippen MR) is 108 cm³/mol. The number of aromatic nitrogens is 2. The van der Waals surface area contributed by atoms with Crippen LogP contribution in [0.25, 0.3) is 11.3 Å². The van der Waals surface area contributed by atoms with Gasteiger partial charge in [-0.3, -0.25) is 9.89 Å². The molecular formula is C21H29N5O2. The van der Waals surface area contributed by atoms with Gasteiger partial charge >= 0.3 is 0 Å². The van der Waals surface area contributed by atoms with E-state index in [1.807, 2.05) is 29.2 Å². The zero-order valence-corrected chi connectivity index (χ0v) is 16.9. The molecule has 150 valence electrons. The van der Waals surface area contributed by atoms with Crippen molar-refractivity contribution in [3.05, 3.63) is 35.5 Å². The van der Waals surface area contributed by atoms with Crippen molar-refractivity contribution in [2.75, 3.05) is 47.4 Å². The Hall–Kier alpha value is -2.38. The van der Waals surface area contributed by atoms with Crippen LogP contribution in [0.1, 0.15) is 17.7 Å². The second kappa shape index (κ2) is 7.93. The molecule has 7 nitrogen and oxygen atoms in total. The number of piperazine rings is 1. The van der Waals surface area contributed by atoms with E-state index < -0.39 is 0 Å². The molecule has 1 aromatic heterocycles. The maximum Gasteiger partial charge on any atom is 0.224 e. The first-order valence-corrected chi connectivity index (χ1v) is 9.93. The molecule has 0 bridgehead atoms. The number of aromatic amines is 1. The summed E-state index contributed by atoms with van der Waals surface area (Å²) < 4.78 is 5.51. The van der Waals surface area contributed by atoms with Gasteiger partial charge in [0, 0.05) is 68.4 Å². The molecule has 2 aliphatic heterocycles. The van der Waals surface area contributed by atoms with Gasteiger partial charge in [-0.2, -0.15) is 5.10 Å². The summed E-state index contributed by atoms with van der Waals surface area (Å²) in [6.07, 6.45) is 1.38. The maximum atomic E-state index is 13.0. The van der Waals surface area contributed by atoms with Crippen LogP contribution in [0, 0.1) is 0 Å². The van der Waals surface area contributed by atoms with E-state index >= 15 is 0 Å². The van der Waals surface area contributed by atoms with Gasteiger partial charge in [0.25, 0.3) is 0 Å². The lowest BCUT2D eigenvalue weighted by atomic mass is 9.99. The molecule has 28 heavy (non-hydrogen) atoms. The van der Waals surface area contributed by atoms with E-state index in [1.54, 1.807) is 7.11 Å². The number of carbonyl (C=O) groups is 1. The summed E-state index contributed by atoms with van der Waals surface area (Å²) >= 11 is 0. The minimum absolute atomic E-state index is 0.227. The van der Waals surface area contributed by atoms with Crippen molar-refractivity contribution < 1.29 is 9.53 Å². The summed E-state index contributed by atoms with van der Waals surface area (Å²) in [6.45, 7) is 4.36. The Kier molecular flexibility index (Phi) is 5.37. The summed E-state index contributed by atoms with van der Waals surface area (Å²) in [4.78, 5) is 19.7. The standard InChI is InChI=1S/C21H29N5O2/c1-24-10-11-25(2)15(13-24)12-20(27)26-9-8-18-17(14-26)21(23-22-18)16-6-4-5-7-19(16)28-3/h4-7,15H,8-14H2,1-3H3,(H,22,23). The average Bonchev–Trinajstić information content (AvgIpc) is 3.13. The van der Waals surface area contributed by atoms with E-state index in [4.69, 9.17) is 4.74 Å². The van der Waals surface area contributed by atoms with Gasteiger partial charge < -0.3 is 19.4 Å². The quantitative estimate of drug-likeness (QED) is 0.869. The largest absolute Gasteiger partial charge is 0.496 e. The van der Waals surface area contributed by atoms with E-state index in [0.29, 0.717) is 13.0 Å². The number of hydrogen-bond acceptors (Lipinski definition) is 5. The predicted octanol–water partition coefficient (Wildman–Crippen LogP) is 1.61. The van der Waals surface area contributed by atoms with Crippen molar-refractivity contribution in [1.82, 2.24) is 24.9 Å². The highest BCUT2D eigenvalue weighted by Gasteiger charge is 2.30. The Morgan fingerprint density at radius 2 is 2.07 bits per heavy atom. The number of para-hydroxylation sites is 1. The first-order chi connectivity index (χ1) is 13.6. The molecule has 1 N–H and O–H groups in total. The molecule has 2 aromatic rings. The number of nitrogens with zero attached hydrogens (tertiary/aromatic N) is 4. The normalized spacial score (nSPS) is 20.8. The van der Waals surface area contributed by atoms with Crippen molar-refractivity contribution in [3.8, 4) is 17.0 Å². The van der Waals surface area contributed by atoms with Crippen LogP contribution in [-0.4, -0.2) is 84.2 Å². The van der Waals surface area contributed by atoms with E-state index in [-0.39, 0.29) is 11.9 Å². The first-order valence-electron chi connectivity index (χ1n) is 9.93. The van der Waals surface area contributed by atoms with Crippen LogP contribution in [0.3, 0.4) is 0 Å². The Morgan fingerprint density at radius 3 is 2.89 bits per heavy atom.